The molecule has 0 saturated heterocycles. The van der Waals surface area contributed by atoms with Gasteiger partial charge in [0.05, 0.1) is 11.7 Å². The molecule has 2 aromatic heterocycles. The number of carbonyl (C=O) groups excluding carboxylic acids is 1. The van der Waals surface area contributed by atoms with Crippen LogP contribution in [0, 0.1) is 0 Å². The standard InChI is InChI=1S/C16H22N4O2S/c17-7-3-8-18-13(21)6-9-20-10-19-15-14(16(20)22)11-4-1-2-5-12(11)23-15/h10H,1-9,17H2,(H,18,21). The first-order valence-electron chi connectivity index (χ1n) is 8.17. The van der Waals surface area contributed by atoms with Crippen molar-refractivity contribution in [1.82, 2.24) is 14.9 Å². The molecular formula is C16H22N4O2S. The molecule has 0 aromatic carbocycles. The van der Waals surface area contributed by atoms with Crippen LogP contribution in [0.4, 0.5) is 0 Å². The quantitative estimate of drug-likeness (QED) is 0.777. The zero-order chi connectivity index (χ0) is 16.2. The highest BCUT2D eigenvalue weighted by molar-refractivity contribution is 7.18. The van der Waals surface area contributed by atoms with Gasteiger partial charge in [-0.2, -0.15) is 0 Å². The van der Waals surface area contributed by atoms with Crippen LogP contribution < -0.4 is 16.6 Å². The monoisotopic (exact) mass is 334 g/mol. The number of hydrogen-bond acceptors (Lipinski definition) is 5. The summed E-state index contributed by atoms with van der Waals surface area (Å²) >= 11 is 1.65. The van der Waals surface area contributed by atoms with Crippen molar-refractivity contribution in [3.63, 3.8) is 0 Å². The Morgan fingerprint density at radius 2 is 2.22 bits per heavy atom. The van der Waals surface area contributed by atoms with Gasteiger partial charge in [0.2, 0.25) is 5.91 Å². The number of thiophene rings is 1. The van der Waals surface area contributed by atoms with Gasteiger partial charge >= 0.3 is 0 Å². The molecule has 0 radical (unpaired) electrons. The zero-order valence-corrected chi connectivity index (χ0v) is 14.0. The van der Waals surface area contributed by atoms with Crippen molar-refractivity contribution in [1.29, 1.82) is 0 Å². The molecule has 6 nitrogen and oxygen atoms in total. The Bertz CT molecular complexity index is 765. The molecule has 3 rings (SSSR count). The number of fused-ring (bicyclic) bond motifs is 3. The molecule has 0 atom stereocenters. The maximum Gasteiger partial charge on any atom is 0.262 e. The van der Waals surface area contributed by atoms with Crippen molar-refractivity contribution >= 4 is 27.5 Å². The largest absolute Gasteiger partial charge is 0.356 e. The van der Waals surface area contributed by atoms with Gasteiger partial charge in [-0.1, -0.05) is 0 Å². The van der Waals surface area contributed by atoms with E-state index in [1.54, 1.807) is 22.2 Å². The normalized spacial score (nSPS) is 14.0. The maximum absolute atomic E-state index is 12.7. The van der Waals surface area contributed by atoms with Crippen molar-refractivity contribution in [2.24, 2.45) is 5.73 Å². The molecule has 0 unspecified atom stereocenters. The maximum atomic E-state index is 12.7. The van der Waals surface area contributed by atoms with Crippen LogP contribution in [0.15, 0.2) is 11.1 Å². The number of aryl methyl sites for hydroxylation is 3. The van der Waals surface area contributed by atoms with Gasteiger partial charge in [-0.3, -0.25) is 14.2 Å². The van der Waals surface area contributed by atoms with Crippen LogP contribution >= 0.6 is 11.3 Å². The summed E-state index contributed by atoms with van der Waals surface area (Å²) in [6, 6.07) is 0. The minimum atomic E-state index is -0.0576. The molecule has 0 fully saturated rings. The number of hydrogen-bond donors (Lipinski definition) is 2. The molecule has 23 heavy (non-hydrogen) atoms. The highest BCUT2D eigenvalue weighted by atomic mass is 32.1. The van der Waals surface area contributed by atoms with Crippen molar-refractivity contribution in [3.05, 3.63) is 27.1 Å². The molecule has 124 valence electrons. The van der Waals surface area contributed by atoms with Crippen molar-refractivity contribution in [3.8, 4) is 0 Å². The van der Waals surface area contributed by atoms with Crippen molar-refractivity contribution < 1.29 is 4.79 Å². The first kappa shape index (κ1) is 16.1. The lowest BCUT2D eigenvalue weighted by Crippen LogP contribution is -2.29. The fourth-order valence-electron chi connectivity index (χ4n) is 2.98. The predicted octanol–water partition coefficient (Wildman–Crippen LogP) is 1.19. The lowest BCUT2D eigenvalue weighted by Gasteiger charge is -2.10. The van der Waals surface area contributed by atoms with Crippen LogP contribution in [0.25, 0.3) is 10.2 Å². The summed E-state index contributed by atoms with van der Waals surface area (Å²) in [5.41, 5.74) is 6.57. The first-order valence-corrected chi connectivity index (χ1v) is 8.99. The molecule has 2 aromatic rings. The van der Waals surface area contributed by atoms with Crippen LogP contribution in [0.2, 0.25) is 0 Å². The van der Waals surface area contributed by atoms with E-state index in [9.17, 15) is 9.59 Å². The summed E-state index contributed by atoms with van der Waals surface area (Å²) in [5.74, 6) is -0.0576. The van der Waals surface area contributed by atoms with E-state index in [1.807, 2.05) is 0 Å². The average molecular weight is 334 g/mol. The molecule has 0 saturated carbocycles. The van der Waals surface area contributed by atoms with Gasteiger partial charge in [-0.25, -0.2) is 4.98 Å². The van der Waals surface area contributed by atoms with Gasteiger partial charge < -0.3 is 11.1 Å². The van der Waals surface area contributed by atoms with Gasteiger partial charge in [-0.05, 0) is 44.2 Å². The number of amides is 1. The van der Waals surface area contributed by atoms with E-state index in [0.29, 0.717) is 19.6 Å². The number of nitrogens with one attached hydrogen (secondary N) is 1. The molecule has 3 N–H and O–H groups in total. The van der Waals surface area contributed by atoms with Gasteiger partial charge in [0.1, 0.15) is 4.83 Å². The number of nitrogens with two attached hydrogens (primary N) is 1. The summed E-state index contributed by atoms with van der Waals surface area (Å²) < 4.78 is 1.56. The minimum absolute atomic E-state index is 0.0100. The fraction of sp³-hybridized carbons (Fsp3) is 0.562. The Morgan fingerprint density at radius 1 is 1.39 bits per heavy atom. The Hall–Kier alpha value is -1.73. The Labute approximate surface area is 138 Å². The van der Waals surface area contributed by atoms with Gasteiger partial charge in [0.15, 0.2) is 0 Å². The third kappa shape index (κ3) is 3.45. The molecule has 7 heteroatoms. The highest BCUT2D eigenvalue weighted by Gasteiger charge is 2.19. The fourth-order valence-corrected chi connectivity index (χ4v) is 4.20. The molecule has 2 heterocycles. The smallest absolute Gasteiger partial charge is 0.262 e. The van der Waals surface area contributed by atoms with Crippen molar-refractivity contribution in [2.45, 2.75) is 45.1 Å². The van der Waals surface area contributed by atoms with Gasteiger partial charge in [-0.15, -0.1) is 11.3 Å². The molecule has 1 aliphatic rings. The van der Waals surface area contributed by atoms with E-state index < -0.39 is 0 Å². The van der Waals surface area contributed by atoms with Gasteiger partial charge in [0, 0.05) is 24.4 Å². The summed E-state index contributed by atoms with van der Waals surface area (Å²) in [6.07, 6.45) is 6.97. The van der Waals surface area contributed by atoms with E-state index in [4.69, 9.17) is 5.73 Å². The third-order valence-corrected chi connectivity index (χ3v) is 5.42. The minimum Gasteiger partial charge on any atom is -0.356 e. The van der Waals surface area contributed by atoms with Crippen LogP contribution in [0.1, 0.15) is 36.1 Å². The molecule has 1 amide bonds. The molecule has 1 aliphatic carbocycles. The SMILES string of the molecule is NCCCNC(=O)CCn1cnc2sc3c(c2c1=O)CCCC3. The van der Waals surface area contributed by atoms with E-state index in [2.05, 4.69) is 10.3 Å². The second-order valence-corrected chi connectivity index (χ2v) is 6.96. The molecule has 0 spiro atoms. The second-order valence-electron chi connectivity index (χ2n) is 5.88. The Balaban J connectivity index is 1.76. The third-order valence-electron chi connectivity index (χ3n) is 4.22. The topological polar surface area (TPSA) is 90.0 Å². The Morgan fingerprint density at radius 3 is 3.04 bits per heavy atom. The van der Waals surface area contributed by atoms with Gasteiger partial charge in [0.25, 0.3) is 5.56 Å². The number of aromatic nitrogens is 2. The Kier molecular flexibility index (Phi) is 5.07. The van der Waals surface area contributed by atoms with E-state index in [-0.39, 0.29) is 17.9 Å². The van der Waals surface area contributed by atoms with Crippen molar-refractivity contribution in [2.75, 3.05) is 13.1 Å². The molecule has 0 aliphatic heterocycles. The average Bonchev–Trinajstić information content (AvgIpc) is 2.93. The van der Waals surface area contributed by atoms with Crippen LogP contribution in [-0.4, -0.2) is 28.5 Å². The van der Waals surface area contributed by atoms with Crippen LogP contribution in [0.3, 0.4) is 0 Å². The van der Waals surface area contributed by atoms with Crippen LogP contribution in [0.5, 0.6) is 0 Å². The molecule has 0 bridgehead atoms. The number of carbonyl (C=O) groups is 1. The van der Waals surface area contributed by atoms with Crippen LogP contribution in [-0.2, 0) is 24.2 Å². The lowest BCUT2D eigenvalue weighted by molar-refractivity contribution is -0.121. The zero-order valence-electron chi connectivity index (χ0n) is 13.1. The second kappa shape index (κ2) is 7.23. The lowest BCUT2D eigenvalue weighted by atomic mass is 9.97. The van der Waals surface area contributed by atoms with E-state index >= 15 is 0 Å². The van der Waals surface area contributed by atoms with E-state index in [0.717, 1.165) is 35.9 Å². The first-order chi connectivity index (χ1) is 11.2. The molecular weight excluding hydrogens is 312 g/mol. The summed E-state index contributed by atoms with van der Waals surface area (Å²) in [7, 11) is 0. The number of rotatable bonds is 6. The highest BCUT2D eigenvalue weighted by Crippen LogP contribution is 2.33. The number of nitrogens with zero attached hydrogens (tertiary/aromatic N) is 2. The summed E-state index contributed by atoms with van der Waals surface area (Å²) in [5, 5.41) is 3.58. The van der Waals surface area contributed by atoms with E-state index in [1.165, 1.54) is 16.9 Å². The summed E-state index contributed by atoms with van der Waals surface area (Å²) in [4.78, 5) is 31.1. The summed E-state index contributed by atoms with van der Waals surface area (Å²) in [6.45, 7) is 1.50. The predicted molar refractivity (Wildman–Crippen MR) is 91.8 cm³/mol.